The summed E-state index contributed by atoms with van der Waals surface area (Å²) >= 11 is 5.34. The van der Waals surface area contributed by atoms with Crippen LogP contribution >= 0.6 is 12.2 Å². The summed E-state index contributed by atoms with van der Waals surface area (Å²) in [6, 6.07) is 5.18. The van der Waals surface area contributed by atoms with Gasteiger partial charge in [0.05, 0.1) is 11.0 Å². The van der Waals surface area contributed by atoms with Gasteiger partial charge in [-0.25, -0.2) is 4.39 Å². The first-order valence-corrected chi connectivity index (χ1v) is 6.21. The zero-order chi connectivity index (χ0) is 11.8. The number of hydrogen-bond acceptors (Lipinski definition) is 1. The van der Waals surface area contributed by atoms with Crippen LogP contribution in [0.4, 0.5) is 4.39 Å². The molecule has 0 radical (unpaired) electrons. The van der Waals surface area contributed by atoms with Crippen LogP contribution in [-0.2, 0) is 0 Å². The summed E-state index contributed by atoms with van der Waals surface area (Å²) in [5.74, 6) is -0.232. The van der Waals surface area contributed by atoms with Crippen molar-refractivity contribution in [2.24, 2.45) is 0 Å². The molecule has 1 unspecified atom stereocenters. The van der Waals surface area contributed by atoms with E-state index in [0.717, 1.165) is 30.3 Å². The molecule has 0 fully saturated rings. The minimum atomic E-state index is -0.232. The fourth-order valence-electron chi connectivity index (χ4n) is 2.48. The zero-order valence-electron chi connectivity index (χ0n) is 9.32. The molecule has 1 aliphatic rings. The van der Waals surface area contributed by atoms with Crippen molar-refractivity contribution < 1.29 is 4.39 Å². The normalized spacial score (nSPS) is 19.9. The van der Waals surface area contributed by atoms with Crippen molar-refractivity contribution in [3.05, 3.63) is 40.9 Å². The largest absolute Gasteiger partial charge is 0.330 e. The van der Waals surface area contributed by atoms with Crippen molar-refractivity contribution in [3.63, 3.8) is 0 Å². The van der Waals surface area contributed by atoms with E-state index in [1.54, 1.807) is 6.07 Å². The molecule has 0 saturated carbocycles. The van der Waals surface area contributed by atoms with E-state index >= 15 is 0 Å². The molecular formula is C13H13FN2S. The summed E-state index contributed by atoms with van der Waals surface area (Å²) in [5, 5.41) is 0. The number of fused-ring (bicyclic) bond motifs is 1. The van der Waals surface area contributed by atoms with Crippen molar-refractivity contribution >= 4 is 23.3 Å². The fourth-order valence-corrected chi connectivity index (χ4v) is 2.84. The first-order valence-electron chi connectivity index (χ1n) is 5.80. The van der Waals surface area contributed by atoms with Gasteiger partial charge >= 0.3 is 0 Å². The summed E-state index contributed by atoms with van der Waals surface area (Å²) in [6.07, 6.45) is 7.57. The van der Waals surface area contributed by atoms with Crippen LogP contribution in [0.2, 0.25) is 0 Å². The van der Waals surface area contributed by atoms with Crippen LogP contribution in [0.3, 0.4) is 0 Å². The number of benzene rings is 1. The Balaban J connectivity index is 2.18. The minimum absolute atomic E-state index is 0.232. The van der Waals surface area contributed by atoms with Crippen molar-refractivity contribution in [3.8, 4) is 0 Å². The van der Waals surface area contributed by atoms with Crippen LogP contribution in [-0.4, -0.2) is 9.55 Å². The molecule has 1 aliphatic carbocycles. The van der Waals surface area contributed by atoms with E-state index in [0.29, 0.717) is 10.8 Å². The number of H-pyrrole nitrogens is 1. The summed E-state index contributed by atoms with van der Waals surface area (Å²) in [5.41, 5.74) is 1.78. The molecule has 17 heavy (non-hydrogen) atoms. The third-order valence-corrected chi connectivity index (χ3v) is 3.58. The Labute approximate surface area is 104 Å². The van der Waals surface area contributed by atoms with Crippen LogP contribution in [0.15, 0.2) is 30.4 Å². The van der Waals surface area contributed by atoms with E-state index < -0.39 is 0 Å². The van der Waals surface area contributed by atoms with Gasteiger partial charge in [-0.2, -0.15) is 0 Å². The predicted molar refractivity (Wildman–Crippen MR) is 69.1 cm³/mol. The molecule has 1 atom stereocenters. The lowest BCUT2D eigenvalue weighted by Gasteiger charge is -2.20. The molecule has 3 rings (SSSR count). The van der Waals surface area contributed by atoms with Crippen LogP contribution in [0, 0.1) is 10.6 Å². The third-order valence-electron chi connectivity index (χ3n) is 3.29. The van der Waals surface area contributed by atoms with E-state index in [4.69, 9.17) is 12.2 Å². The lowest BCUT2D eigenvalue weighted by Crippen LogP contribution is -2.10. The topological polar surface area (TPSA) is 20.7 Å². The van der Waals surface area contributed by atoms with Gasteiger partial charge in [-0.1, -0.05) is 12.2 Å². The van der Waals surface area contributed by atoms with Gasteiger partial charge in [0.15, 0.2) is 4.77 Å². The van der Waals surface area contributed by atoms with Crippen LogP contribution in [0.25, 0.3) is 11.0 Å². The molecular weight excluding hydrogens is 235 g/mol. The summed E-state index contributed by atoms with van der Waals surface area (Å²) in [7, 11) is 0. The van der Waals surface area contributed by atoms with E-state index in [1.165, 1.54) is 12.1 Å². The standard InChI is InChI=1S/C13H13FN2S/c14-9-6-7-12-11(8-9)15-13(17)16(12)10-4-2-1-3-5-10/h1-2,6-8,10H,3-5H2,(H,15,17). The lowest BCUT2D eigenvalue weighted by molar-refractivity contribution is 0.467. The zero-order valence-corrected chi connectivity index (χ0v) is 10.1. The smallest absolute Gasteiger partial charge is 0.178 e. The Kier molecular flexibility index (Phi) is 2.59. The number of hydrogen-bond donors (Lipinski definition) is 1. The second kappa shape index (κ2) is 4.11. The number of allylic oxidation sites excluding steroid dienone is 2. The molecule has 2 aromatic rings. The number of aromatic amines is 1. The van der Waals surface area contributed by atoms with Gasteiger partial charge in [-0.05, 0) is 49.7 Å². The quantitative estimate of drug-likeness (QED) is 0.594. The van der Waals surface area contributed by atoms with Gasteiger partial charge in [-0.15, -0.1) is 0 Å². The number of imidazole rings is 1. The summed E-state index contributed by atoms with van der Waals surface area (Å²) in [4.78, 5) is 3.08. The number of halogens is 1. The second-order valence-electron chi connectivity index (χ2n) is 4.40. The lowest BCUT2D eigenvalue weighted by atomic mass is 10.0. The van der Waals surface area contributed by atoms with Crippen molar-refractivity contribution in [2.75, 3.05) is 0 Å². The number of rotatable bonds is 1. The van der Waals surface area contributed by atoms with Gasteiger partial charge in [0.1, 0.15) is 5.82 Å². The maximum atomic E-state index is 13.1. The maximum Gasteiger partial charge on any atom is 0.178 e. The first kappa shape index (κ1) is 10.7. The highest BCUT2D eigenvalue weighted by atomic mass is 32.1. The van der Waals surface area contributed by atoms with Crippen molar-refractivity contribution in [1.82, 2.24) is 9.55 Å². The average molecular weight is 248 g/mol. The van der Waals surface area contributed by atoms with E-state index in [1.807, 2.05) is 0 Å². The Morgan fingerprint density at radius 2 is 2.24 bits per heavy atom. The molecule has 0 bridgehead atoms. The predicted octanol–water partition coefficient (Wildman–Crippen LogP) is 4.12. The molecule has 4 heteroatoms. The highest BCUT2D eigenvalue weighted by Crippen LogP contribution is 2.28. The Morgan fingerprint density at radius 3 is 3.00 bits per heavy atom. The van der Waals surface area contributed by atoms with Crippen LogP contribution in [0.1, 0.15) is 25.3 Å². The molecule has 1 aromatic heterocycles. The highest BCUT2D eigenvalue weighted by Gasteiger charge is 2.16. The molecule has 0 amide bonds. The summed E-state index contributed by atoms with van der Waals surface area (Å²) in [6.45, 7) is 0. The van der Waals surface area contributed by atoms with Crippen molar-refractivity contribution in [2.45, 2.75) is 25.3 Å². The maximum absolute atomic E-state index is 13.1. The summed E-state index contributed by atoms with van der Waals surface area (Å²) < 4.78 is 16.0. The molecule has 1 N–H and O–H groups in total. The molecule has 2 nitrogen and oxygen atoms in total. The van der Waals surface area contributed by atoms with Crippen LogP contribution in [0.5, 0.6) is 0 Å². The first-order chi connectivity index (χ1) is 8.25. The number of aromatic nitrogens is 2. The Hall–Kier alpha value is -1.42. The van der Waals surface area contributed by atoms with E-state index in [2.05, 4.69) is 21.7 Å². The van der Waals surface area contributed by atoms with Gasteiger partial charge in [-0.3, -0.25) is 0 Å². The average Bonchev–Trinajstić information content (AvgIpc) is 2.65. The molecule has 1 heterocycles. The van der Waals surface area contributed by atoms with Gasteiger partial charge < -0.3 is 9.55 Å². The highest BCUT2D eigenvalue weighted by molar-refractivity contribution is 7.71. The fraction of sp³-hybridized carbons (Fsp3) is 0.308. The number of nitrogens with zero attached hydrogens (tertiary/aromatic N) is 1. The minimum Gasteiger partial charge on any atom is -0.330 e. The Morgan fingerprint density at radius 1 is 1.35 bits per heavy atom. The third kappa shape index (κ3) is 1.82. The monoisotopic (exact) mass is 248 g/mol. The molecule has 1 aromatic carbocycles. The van der Waals surface area contributed by atoms with E-state index in [9.17, 15) is 4.39 Å². The number of nitrogens with one attached hydrogen (secondary N) is 1. The van der Waals surface area contributed by atoms with Gasteiger partial charge in [0.25, 0.3) is 0 Å². The van der Waals surface area contributed by atoms with Crippen LogP contribution < -0.4 is 0 Å². The molecule has 0 spiro atoms. The van der Waals surface area contributed by atoms with Crippen molar-refractivity contribution in [1.29, 1.82) is 0 Å². The molecule has 0 saturated heterocycles. The molecule has 0 aliphatic heterocycles. The SMILES string of the molecule is Fc1ccc2c(c1)[nH]c(=S)n2C1CC=CCC1. The second-order valence-corrected chi connectivity index (χ2v) is 4.79. The van der Waals surface area contributed by atoms with E-state index in [-0.39, 0.29) is 5.82 Å². The van der Waals surface area contributed by atoms with Gasteiger partial charge in [0, 0.05) is 6.04 Å². The van der Waals surface area contributed by atoms with Gasteiger partial charge in [0.2, 0.25) is 0 Å². The Bertz CT molecular complexity index is 638. The molecule has 88 valence electrons.